The standard InChI is InChI=1S/C33H33ClFN5O3/c1-22(23-8-4-3-5-9-23)36-32(41)26-20-24(37-33(42)38-25-12-14-28(35)27(34)21-25)13-15-29(26)39-16-18-40(19-17-39)30-10-6-7-11-31(30)43-2/h3-15,20-22H,16-19H2,1-2H3,(H,36,41)(H2,37,38,42). The number of anilines is 4. The molecule has 1 aliphatic rings. The Bertz CT molecular complexity index is 1590. The van der Waals surface area contributed by atoms with Crippen LogP contribution in [-0.2, 0) is 0 Å². The molecule has 4 aromatic carbocycles. The highest BCUT2D eigenvalue weighted by Crippen LogP contribution is 2.31. The van der Waals surface area contributed by atoms with E-state index in [2.05, 4.69) is 25.8 Å². The van der Waals surface area contributed by atoms with Crippen LogP contribution >= 0.6 is 11.6 Å². The molecule has 3 amide bonds. The second kappa shape index (κ2) is 13.5. The highest BCUT2D eigenvalue weighted by Gasteiger charge is 2.24. The maximum absolute atomic E-state index is 13.7. The Labute approximate surface area is 255 Å². The molecule has 5 rings (SSSR count). The second-order valence-electron chi connectivity index (χ2n) is 10.2. The molecule has 1 aliphatic heterocycles. The third kappa shape index (κ3) is 7.18. The first-order valence-corrected chi connectivity index (χ1v) is 14.4. The number of ether oxygens (including phenoxy) is 1. The van der Waals surface area contributed by atoms with Crippen molar-refractivity contribution in [2.75, 3.05) is 53.7 Å². The molecule has 0 aliphatic carbocycles. The lowest BCUT2D eigenvalue weighted by Crippen LogP contribution is -2.47. The maximum atomic E-state index is 13.7. The van der Waals surface area contributed by atoms with Gasteiger partial charge in [0.1, 0.15) is 11.6 Å². The largest absolute Gasteiger partial charge is 0.495 e. The molecule has 0 bridgehead atoms. The van der Waals surface area contributed by atoms with Crippen LogP contribution in [0, 0.1) is 5.82 Å². The minimum Gasteiger partial charge on any atom is -0.495 e. The van der Waals surface area contributed by atoms with Crippen LogP contribution in [0.4, 0.5) is 31.9 Å². The fraction of sp³-hybridized carbons (Fsp3) is 0.212. The molecule has 0 radical (unpaired) electrons. The van der Waals surface area contributed by atoms with Crippen molar-refractivity contribution >= 4 is 46.3 Å². The monoisotopic (exact) mass is 601 g/mol. The third-order valence-electron chi connectivity index (χ3n) is 7.37. The number of carbonyl (C=O) groups is 2. The minimum atomic E-state index is -0.577. The number of halogens is 2. The number of amides is 3. The summed E-state index contributed by atoms with van der Waals surface area (Å²) < 4.78 is 19.1. The lowest BCUT2D eigenvalue weighted by Gasteiger charge is -2.38. The molecular formula is C33H33ClFN5O3. The Balaban J connectivity index is 1.36. The van der Waals surface area contributed by atoms with Crippen LogP contribution in [0.2, 0.25) is 5.02 Å². The fourth-order valence-corrected chi connectivity index (χ4v) is 5.30. The number of carbonyl (C=O) groups excluding carboxylic acids is 2. The maximum Gasteiger partial charge on any atom is 0.323 e. The molecule has 1 saturated heterocycles. The number of nitrogens with zero attached hydrogens (tertiary/aromatic N) is 2. The van der Waals surface area contributed by atoms with Gasteiger partial charge in [0.25, 0.3) is 5.91 Å². The van der Waals surface area contributed by atoms with Gasteiger partial charge >= 0.3 is 6.03 Å². The lowest BCUT2D eigenvalue weighted by molar-refractivity contribution is 0.0940. The Morgan fingerprint density at radius 2 is 1.42 bits per heavy atom. The zero-order chi connectivity index (χ0) is 30.3. The molecule has 222 valence electrons. The van der Waals surface area contributed by atoms with E-state index in [0.29, 0.717) is 30.0 Å². The van der Waals surface area contributed by atoms with Crippen LogP contribution in [-0.4, -0.2) is 45.2 Å². The Kier molecular flexibility index (Phi) is 9.32. The molecule has 4 aromatic rings. The van der Waals surface area contributed by atoms with Gasteiger partial charge in [-0.3, -0.25) is 4.79 Å². The average Bonchev–Trinajstić information content (AvgIpc) is 3.03. The van der Waals surface area contributed by atoms with Crippen molar-refractivity contribution in [2.24, 2.45) is 0 Å². The minimum absolute atomic E-state index is 0.0977. The summed E-state index contributed by atoms with van der Waals surface area (Å²) in [4.78, 5) is 30.9. The molecule has 0 saturated carbocycles. The Morgan fingerprint density at radius 1 is 0.814 bits per heavy atom. The fourth-order valence-electron chi connectivity index (χ4n) is 5.12. The van der Waals surface area contributed by atoms with E-state index in [1.54, 1.807) is 19.2 Å². The molecule has 0 spiro atoms. The first-order chi connectivity index (χ1) is 20.8. The van der Waals surface area contributed by atoms with Gasteiger partial charge in [0, 0.05) is 43.2 Å². The van der Waals surface area contributed by atoms with E-state index in [-0.39, 0.29) is 17.0 Å². The molecule has 1 fully saturated rings. The summed E-state index contributed by atoms with van der Waals surface area (Å²) in [6, 6.07) is 26.1. The normalized spacial score (nSPS) is 13.7. The van der Waals surface area contributed by atoms with Gasteiger partial charge < -0.3 is 30.5 Å². The molecule has 1 unspecified atom stereocenters. The van der Waals surface area contributed by atoms with Gasteiger partial charge in [0.05, 0.1) is 29.4 Å². The molecule has 3 N–H and O–H groups in total. The SMILES string of the molecule is COc1ccccc1N1CCN(c2ccc(NC(=O)Nc3ccc(F)c(Cl)c3)cc2C(=O)NC(C)c2ccccc2)CC1. The number of urea groups is 1. The van der Waals surface area contributed by atoms with Gasteiger partial charge in [0.15, 0.2) is 0 Å². The van der Waals surface area contributed by atoms with Gasteiger partial charge in [-0.2, -0.15) is 0 Å². The number of piperazine rings is 1. The number of benzene rings is 4. The van der Waals surface area contributed by atoms with E-state index >= 15 is 0 Å². The lowest BCUT2D eigenvalue weighted by atomic mass is 10.1. The number of methoxy groups -OCH3 is 1. The van der Waals surface area contributed by atoms with Gasteiger partial charge in [-0.15, -0.1) is 0 Å². The molecule has 8 nitrogen and oxygen atoms in total. The van der Waals surface area contributed by atoms with E-state index in [1.165, 1.54) is 18.2 Å². The van der Waals surface area contributed by atoms with Crippen molar-refractivity contribution in [2.45, 2.75) is 13.0 Å². The van der Waals surface area contributed by atoms with Crippen LogP contribution in [0.3, 0.4) is 0 Å². The van der Waals surface area contributed by atoms with Crippen LogP contribution < -0.4 is 30.5 Å². The number of rotatable bonds is 8. The van der Waals surface area contributed by atoms with E-state index in [1.807, 2.05) is 67.6 Å². The summed E-state index contributed by atoms with van der Waals surface area (Å²) in [5.74, 6) is -0.0113. The number of hydrogen-bond acceptors (Lipinski definition) is 5. The summed E-state index contributed by atoms with van der Waals surface area (Å²) in [5, 5.41) is 8.41. The van der Waals surface area contributed by atoms with Crippen LogP contribution in [0.25, 0.3) is 0 Å². The molecule has 1 atom stereocenters. The molecule has 10 heteroatoms. The smallest absolute Gasteiger partial charge is 0.323 e. The van der Waals surface area contributed by atoms with Crippen molar-refractivity contribution in [1.29, 1.82) is 0 Å². The summed E-state index contributed by atoms with van der Waals surface area (Å²) in [5.41, 5.74) is 3.99. The molecular weight excluding hydrogens is 569 g/mol. The number of hydrogen-bond donors (Lipinski definition) is 3. The second-order valence-corrected chi connectivity index (χ2v) is 10.6. The average molecular weight is 602 g/mol. The number of nitrogens with one attached hydrogen (secondary N) is 3. The number of para-hydroxylation sites is 2. The Morgan fingerprint density at radius 3 is 2.09 bits per heavy atom. The summed E-state index contributed by atoms with van der Waals surface area (Å²) in [7, 11) is 1.67. The molecule has 1 heterocycles. The van der Waals surface area contributed by atoms with Gasteiger partial charge in [-0.1, -0.05) is 54.1 Å². The summed E-state index contributed by atoms with van der Waals surface area (Å²) in [6.45, 7) is 4.79. The van der Waals surface area contributed by atoms with Crippen LogP contribution in [0.15, 0.2) is 91.0 Å². The Hall–Kier alpha value is -4.76. The van der Waals surface area contributed by atoms with Gasteiger partial charge in [0.2, 0.25) is 0 Å². The zero-order valence-electron chi connectivity index (χ0n) is 23.9. The van der Waals surface area contributed by atoms with Crippen molar-refractivity contribution in [1.82, 2.24) is 5.32 Å². The quantitative estimate of drug-likeness (QED) is 0.203. The zero-order valence-corrected chi connectivity index (χ0v) is 24.7. The third-order valence-corrected chi connectivity index (χ3v) is 7.66. The van der Waals surface area contributed by atoms with Crippen molar-refractivity contribution in [3.63, 3.8) is 0 Å². The molecule has 43 heavy (non-hydrogen) atoms. The highest BCUT2D eigenvalue weighted by molar-refractivity contribution is 6.31. The topological polar surface area (TPSA) is 85.9 Å². The van der Waals surface area contributed by atoms with Crippen molar-refractivity contribution in [3.8, 4) is 5.75 Å². The van der Waals surface area contributed by atoms with Gasteiger partial charge in [-0.25, -0.2) is 9.18 Å². The van der Waals surface area contributed by atoms with Crippen molar-refractivity contribution in [3.05, 3.63) is 113 Å². The first kappa shape index (κ1) is 29.7. The first-order valence-electron chi connectivity index (χ1n) is 14.0. The van der Waals surface area contributed by atoms with Crippen LogP contribution in [0.5, 0.6) is 5.75 Å². The summed E-state index contributed by atoms with van der Waals surface area (Å²) in [6.07, 6.45) is 0. The van der Waals surface area contributed by atoms with Crippen molar-refractivity contribution < 1.29 is 18.7 Å². The van der Waals surface area contributed by atoms with E-state index in [0.717, 1.165) is 35.8 Å². The predicted octanol–water partition coefficient (Wildman–Crippen LogP) is 6.95. The van der Waals surface area contributed by atoms with E-state index < -0.39 is 11.8 Å². The van der Waals surface area contributed by atoms with Crippen LogP contribution in [0.1, 0.15) is 28.9 Å². The predicted molar refractivity (Wildman–Crippen MR) is 170 cm³/mol. The van der Waals surface area contributed by atoms with Gasteiger partial charge in [-0.05, 0) is 61.0 Å². The van der Waals surface area contributed by atoms with E-state index in [4.69, 9.17) is 16.3 Å². The highest BCUT2D eigenvalue weighted by atomic mass is 35.5. The summed E-state index contributed by atoms with van der Waals surface area (Å²) >= 11 is 5.84. The van der Waals surface area contributed by atoms with E-state index in [9.17, 15) is 14.0 Å². The molecule has 0 aromatic heterocycles.